The van der Waals surface area contributed by atoms with Gasteiger partial charge in [-0.3, -0.25) is 4.72 Å². The number of sulfonamides is 1. The maximum absolute atomic E-state index is 13.3. The summed E-state index contributed by atoms with van der Waals surface area (Å²) in [5.41, 5.74) is 2.30. The zero-order valence-electron chi connectivity index (χ0n) is 14.9. The first-order valence-electron chi connectivity index (χ1n) is 8.36. The number of rotatable bonds is 6. The summed E-state index contributed by atoms with van der Waals surface area (Å²) in [6.45, 7) is 3.56. The number of para-hydroxylation sites is 1. The van der Waals surface area contributed by atoms with E-state index in [1.165, 1.54) is 25.1 Å². The molecule has 6 nitrogen and oxygen atoms in total. The van der Waals surface area contributed by atoms with E-state index >= 15 is 0 Å². The standard InChI is InChI=1S/C19H19FN4O2S/c1-3-14-6-4-5-7-17(14)21-18-10-11-19(23-22-18)24-27(25,26)15-8-9-16(20)13(2)12-15/h4-12H,3H2,1-2H3,(H,21,22)(H,23,24). The summed E-state index contributed by atoms with van der Waals surface area (Å²) >= 11 is 0. The summed E-state index contributed by atoms with van der Waals surface area (Å²) < 4.78 is 40.5. The Labute approximate surface area is 157 Å². The van der Waals surface area contributed by atoms with Gasteiger partial charge in [0, 0.05) is 5.69 Å². The van der Waals surface area contributed by atoms with E-state index in [0.717, 1.165) is 23.7 Å². The second-order valence-corrected chi connectivity index (χ2v) is 7.64. The van der Waals surface area contributed by atoms with Gasteiger partial charge in [0.25, 0.3) is 10.0 Å². The molecule has 140 valence electrons. The van der Waals surface area contributed by atoms with Gasteiger partial charge in [-0.2, -0.15) is 0 Å². The van der Waals surface area contributed by atoms with Crippen molar-refractivity contribution in [2.45, 2.75) is 25.2 Å². The van der Waals surface area contributed by atoms with Crippen LogP contribution < -0.4 is 10.0 Å². The molecule has 8 heteroatoms. The fraction of sp³-hybridized carbons (Fsp3) is 0.158. The fourth-order valence-corrected chi connectivity index (χ4v) is 3.60. The number of halogens is 1. The van der Waals surface area contributed by atoms with Gasteiger partial charge in [0.1, 0.15) is 5.82 Å². The van der Waals surface area contributed by atoms with Crippen molar-refractivity contribution in [3.05, 3.63) is 71.5 Å². The summed E-state index contributed by atoms with van der Waals surface area (Å²) in [6.07, 6.45) is 0.867. The summed E-state index contributed by atoms with van der Waals surface area (Å²) in [6, 6.07) is 14.6. The number of nitrogens with one attached hydrogen (secondary N) is 2. The van der Waals surface area contributed by atoms with Crippen LogP contribution in [0.2, 0.25) is 0 Å². The predicted molar refractivity (Wildman–Crippen MR) is 103 cm³/mol. The Morgan fingerprint density at radius 2 is 1.70 bits per heavy atom. The molecule has 0 bridgehead atoms. The molecule has 2 N–H and O–H groups in total. The normalized spacial score (nSPS) is 11.2. The molecule has 0 radical (unpaired) electrons. The maximum Gasteiger partial charge on any atom is 0.263 e. The van der Waals surface area contributed by atoms with E-state index in [4.69, 9.17) is 0 Å². The van der Waals surface area contributed by atoms with Crippen molar-refractivity contribution < 1.29 is 12.8 Å². The van der Waals surface area contributed by atoms with E-state index in [-0.39, 0.29) is 16.3 Å². The van der Waals surface area contributed by atoms with E-state index < -0.39 is 15.8 Å². The number of nitrogens with zero attached hydrogens (tertiary/aromatic N) is 2. The third kappa shape index (κ3) is 4.40. The van der Waals surface area contributed by atoms with Crippen LogP contribution in [0.15, 0.2) is 59.5 Å². The fourth-order valence-electron chi connectivity index (χ4n) is 2.52. The number of aromatic nitrogens is 2. The van der Waals surface area contributed by atoms with E-state index in [1.54, 1.807) is 6.07 Å². The lowest BCUT2D eigenvalue weighted by atomic mass is 10.1. The summed E-state index contributed by atoms with van der Waals surface area (Å²) in [4.78, 5) is -0.0396. The Balaban J connectivity index is 1.76. The average Bonchev–Trinajstić information content (AvgIpc) is 2.65. The highest BCUT2D eigenvalue weighted by Crippen LogP contribution is 2.21. The van der Waals surface area contributed by atoms with E-state index in [0.29, 0.717) is 5.82 Å². The van der Waals surface area contributed by atoms with Crippen molar-refractivity contribution in [2.24, 2.45) is 0 Å². The van der Waals surface area contributed by atoms with E-state index in [1.807, 2.05) is 24.3 Å². The van der Waals surface area contributed by atoms with Gasteiger partial charge in [-0.1, -0.05) is 25.1 Å². The van der Waals surface area contributed by atoms with Crippen LogP contribution in [-0.2, 0) is 16.4 Å². The molecule has 0 saturated heterocycles. The first-order valence-corrected chi connectivity index (χ1v) is 9.85. The SMILES string of the molecule is CCc1ccccc1Nc1ccc(NS(=O)(=O)c2ccc(F)c(C)c2)nn1. The quantitative estimate of drug-likeness (QED) is 0.668. The Morgan fingerprint density at radius 3 is 2.37 bits per heavy atom. The third-order valence-electron chi connectivity index (χ3n) is 4.00. The van der Waals surface area contributed by atoms with Crippen LogP contribution in [-0.4, -0.2) is 18.6 Å². The van der Waals surface area contributed by atoms with Crippen LogP contribution in [0.3, 0.4) is 0 Å². The van der Waals surface area contributed by atoms with Gasteiger partial charge in [-0.05, 0) is 60.9 Å². The van der Waals surface area contributed by atoms with Gasteiger partial charge in [-0.15, -0.1) is 10.2 Å². The molecule has 3 rings (SSSR count). The molecule has 2 aromatic carbocycles. The van der Waals surface area contributed by atoms with E-state index in [9.17, 15) is 12.8 Å². The van der Waals surface area contributed by atoms with Crippen molar-refractivity contribution >= 4 is 27.3 Å². The number of hydrogen-bond donors (Lipinski definition) is 2. The van der Waals surface area contributed by atoms with Gasteiger partial charge in [0.15, 0.2) is 11.6 Å². The molecule has 0 saturated carbocycles. The maximum atomic E-state index is 13.3. The van der Waals surface area contributed by atoms with Gasteiger partial charge < -0.3 is 5.32 Å². The molecule has 0 aliphatic heterocycles. The average molecular weight is 386 g/mol. The lowest BCUT2D eigenvalue weighted by Crippen LogP contribution is -2.14. The number of benzene rings is 2. The highest BCUT2D eigenvalue weighted by atomic mass is 32.2. The largest absolute Gasteiger partial charge is 0.339 e. The molecular formula is C19H19FN4O2S. The van der Waals surface area contributed by atoms with Gasteiger partial charge in [0.05, 0.1) is 4.90 Å². The van der Waals surface area contributed by atoms with Gasteiger partial charge >= 0.3 is 0 Å². The molecule has 0 fully saturated rings. The predicted octanol–water partition coefficient (Wildman–Crippen LogP) is 4.03. The van der Waals surface area contributed by atoms with Crippen molar-refractivity contribution in [3.8, 4) is 0 Å². The minimum atomic E-state index is -3.87. The second-order valence-electron chi connectivity index (χ2n) is 5.96. The highest BCUT2D eigenvalue weighted by molar-refractivity contribution is 7.92. The molecule has 0 unspecified atom stereocenters. The Hall–Kier alpha value is -3.00. The minimum absolute atomic E-state index is 0.0396. The molecule has 0 amide bonds. The number of aryl methyl sites for hydroxylation is 2. The minimum Gasteiger partial charge on any atom is -0.339 e. The lowest BCUT2D eigenvalue weighted by Gasteiger charge is -2.11. The first kappa shape index (κ1) is 18.8. The monoisotopic (exact) mass is 386 g/mol. The molecular weight excluding hydrogens is 367 g/mol. The summed E-state index contributed by atoms with van der Waals surface area (Å²) in [5.74, 6) is 0.110. The zero-order valence-corrected chi connectivity index (χ0v) is 15.7. The van der Waals surface area contributed by atoms with Crippen LogP contribution in [0.5, 0.6) is 0 Å². The summed E-state index contributed by atoms with van der Waals surface area (Å²) in [5, 5.41) is 11.1. The Morgan fingerprint density at radius 1 is 1.00 bits per heavy atom. The van der Waals surface area contributed by atoms with Crippen molar-refractivity contribution in [2.75, 3.05) is 10.0 Å². The Kier molecular flexibility index (Phi) is 5.36. The molecule has 0 atom stereocenters. The lowest BCUT2D eigenvalue weighted by molar-refractivity contribution is 0.598. The first-order chi connectivity index (χ1) is 12.9. The van der Waals surface area contributed by atoms with Gasteiger partial charge in [-0.25, -0.2) is 12.8 Å². The van der Waals surface area contributed by atoms with Gasteiger partial charge in [0.2, 0.25) is 0 Å². The van der Waals surface area contributed by atoms with Crippen molar-refractivity contribution in [1.82, 2.24) is 10.2 Å². The summed E-state index contributed by atoms with van der Waals surface area (Å²) in [7, 11) is -3.87. The van der Waals surface area contributed by atoms with Crippen LogP contribution in [0.4, 0.5) is 21.7 Å². The molecule has 1 aromatic heterocycles. The molecule has 0 spiro atoms. The molecule has 1 heterocycles. The molecule has 3 aromatic rings. The van der Waals surface area contributed by atoms with Crippen LogP contribution in [0.25, 0.3) is 0 Å². The highest BCUT2D eigenvalue weighted by Gasteiger charge is 2.16. The zero-order chi connectivity index (χ0) is 19.4. The van der Waals surface area contributed by atoms with Crippen LogP contribution >= 0.6 is 0 Å². The van der Waals surface area contributed by atoms with Crippen molar-refractivity contribution in [1.29, 1.82) is 0 Å². The smallest absolute Gasteiger partial charge is 0.263 e. The van der Waals surface area contributed by atoms with E-state index in [2.05, 4.69) is 27.2 Å². The molecule has 27 heavy (non-hydrogen) atoms. The number of hydrogen-bond acceptors (Lipinski definition) is 5. The van der Waals surface area contributed by atoms with Crippen LogP contribution in [0, 0.1) is 12.7 Å². The topological polar surface area (TPSA) is 84.0 Å². The number of anilines is 3. The van der Waals surface area contributed by atoms with Crippen LogP contribution in [0.1, 0.15) is 18.1 Å². The molecule has 0 aliphatic rings. The third-order valence-corrected chi connectivity index (χ3v) is 5.36. The van der Waals surface area contributed by atoms with Crippen molar-refractivity contribution in [3.63, 3.8) is 0 Å². The second kappa shape index (κ2) is 7.71. The molecule has 0 aliphatic carbocycles. The Bertz CT molecular complexity index is 1050.